The van der Waals surface area contributed by atoms with Crippen molar-refractivity contribution in [1.82, 2.24) is 9.55 Å². The highest BCUT2D eigenvalue weighted by Crippen LogP contribution is 2.36. The Bertz CT molecular complexity index is 1560. The van der Waals surface area contributed by atoms with Gasteiger partial charge in [-0.25, -0.2) is 13.2 Å². The van der Waals surface area contributed by atoms with Crippen molar-refractivity contribution in [3.05, 3.63) is 65.1 Å². The Morgan fingerprint density at radius 2 is 1.69 bits per heavy atom. The summed E-state index contributed by atoms with van der Waals surface area (Å²) in [5, 5.41) is 0. The molecule has 1 aromatic heterocycles. The number of nitrogens with one attached hydrogen (secondary N) is 2. The van der Waals surface area contributed by atoms with E-state index in [9.17, 15) is 13.2 Å². The fourth-order valence-electron chi connectivity index (χ4n) is 3.58. The van der Waals surface area contributed by atoms with E-state index in [-0.39, 0.29) is 27.8 Å². The van der Waals surface area contributed by atoms with E-state index in [2.05, 4.69) is 9.71 Å². The van der Waals surface area contributed by atoms with Gasteiger partial charge in [0.05, 0.1) is 42.4 Å². The Balaban J connectivity index is 1.76. The molecule has 0 radical (unpaired) electrons. The molecule has 0 aliphatic carbocycles. The monoisotopic (exact) mass is 513 g/mol. The second-order valence-corrected chi connectivity index (χ2v) is 9.58. The topological polar surface area (TPSA) is 121 Å². The van der Waals surface area contributed by atoms with Crippen molar-refractivity contribution in [1.29, 1.82) is 0 Å². The van der Waals surface area contributed by atoms with E-state index in [1.165, 1.54) is 43.1 Å². The lowest BCUT2D eigenvalue weighted by Crippen LogP contribution is -2.14. The third kappa shape index (κ3) is 5.10. The lowest BCUT2D eigenvalue weighted by molar-refractivity contribution is 0.316. The SMILES string of the molecule is CCCOc1cccc(Oc2cc3[nH]c(=O)n(C)c3cc2NS(=O)(=O)c2ccc(OC)c(OC)c2)c1. The van der Waals surface area contributed by atoms with Gasteiger partial charge in [-0.05, 0) is 36.8 Å². The van der Waals surface area contributed by atoms with Crippen molar-refractivity contribution < 1.29 is 27.4 Å². The van der Waals surface area contributed by atoms with Gasteiger partial charge in [-0.1, -0.05) is 13.0 Å². The number of imidazole rings is 1. The van der Waals surface area contributed by atoms with Crippen LogP contribution in [0.4, 0.5) is 5.69 Å². The first-order valence-corrected chi connectivity index (χ1v) is 12.6. The smallest absolute Gasteiger partial charge is 0.326 e. The van der Waals surface area contributed by atoms with E-state index in [0.29, 0.717) is 34.9 Å². The first-order valence-electron chi connectivity index (χ1n) is 11.1. The Morgan fingerprint density at radius 3 is 2.42 bits per heavy atom. The average Bonchev–Trinajstić information content (AvgIpc) is 3.14. The summed E-state index contributed by atoms with van der Waals surface area (Å²) in [5.74, 6) is 1.92. The molecule has 0 aliphatic rings. The van der Waals surface area contributed by atoms with E-state index in [1.807, 2.05) is 6.92 Å². The number of hydrogen-bond acceptors (Lipinski definition) is 7. The van der Waals surface area contributed by atoms with Gasteiger partial charge in [-0.3, -0.25) is 9.29 Å². The highest BCUT2D eigenvalue weighted by atomic mass is 32.2. The second-order valence-electron chi connectivity index (χ2n) is 7.90. The molecule has 1 heterocycles. The van der Waals surface area contributed by atoms with Gasteiger partial charge >= 0.3 is 5.69 Å². The number of benzene rings is 3. The zero-order valence-corrected chi connectivity index (χ0v) is 21.1. The maximum atomic E-state index is 13.3. The highest BCUT2D eigenvalue weighted by Gasteiger charge is 2.21. The van der Waals surface area contributed by atoms with Crippen molar-refractivity contribution in [3.8, 4) is 28.7 Å². The minimum absolute atomic E-state index is 0.0379. The normalized spacial score (nSPS) is 11.3. The van der Waals surface area contributed by atoms with Gasteiger partial charge in [0.1, 0.15) is 11.5 Å². The standard InChI is InChI=1S/C25H27N3O7S/c1-5-11-34-16-7-6-8-17(12-16)35-23-15-19-21(28(2)25(29)26-19)14-20(23)27-36(30,31)18-9-10-22(32-3)24(13-18)33-4/h6-10,12-15,27H,5,11H2,1-4H3,(H,26,29). The number of H-pyrrole nitrogens is 1. The molecule has 0 saturated heterocycles. The van der Waals surface area contributed by atoms with Crippen LogP contribution in [0, 0.1) is 0 Å². The van der Waals surface area contributed by atoms with Crippen LogP contribution in [0.25, 0.3) is 11.0 Å². The molecule has 4 rings (SSSR count). The van der Waals surface area contributed by atoms with Gasteiger partial charge < -0.3 is 23.9 Å². The first kappa shape index (κ1) is 25.0. The molecule has 4 aromatic rings. The van der Waals surface area contributed by atoms with Crippen molar-refractivity contribution in [3.63, 3.8) is 0 Å². The molecule has 0 aliphatic heterocycles. The van der Waals surface area contributed by atoms with Gasteiger partial charge in [-0.15, -0.1) is 0 Å². The van der Waals surface area contributed by atoms with E-state index in [4.69, 9.17) is 18.9 Å². The van der Waals surface area contributed by atoms with Gasteiger partial charge in [0.15, 0.2) is 17.2 Å². The zero-order chi connectivity index (χ0) is 25.9. The lowest BCUT2D eigenvalue weighted by atomic mass is 10.2. The summed E-state index contributed by atoms with van der Waals surface area (Å²) in [7, 11) is 0.406. The molecule has 0 atom stereocenters. The van der Waals surface area contributed by atoms with Crippen molar-refractivity contribution in [2.75, 3.05) is 25.5 Å². The summed E-state index contributed by atoms with van der Waals surface area (Å²) in [6.07, 6.45) is 0.852. The molecular weight excluding hydrogens is 486 g/mol. The number of rotatable bonds is 10. The molecule has 0 amide bonds. The van der Waals surface area contributed by atoms with Crippen molar-refractivity contribution in [2.45, 2.75) is 18.2 Å². The van der Waals surface area contributed by atoms with Crippen LogP contribution < -0.4 is 29.4 Å². The van der Waals surface area contributed by atoms with Crippen LogP contribution in [0.15, 0.2) is 64.3 Å². The maximum Gasteiger partial charge on any atom is 0.326 e. The second kappa shape index (κ2) is 10.2. The Labute approximate surface area is 208 Å². The Hall–Kier alpha value is -4.12. The summed E-state index contributed by atoms with van der Waals surface area (Å²) in [6, 6.07) is 14.4. The predicted molar refractivity (Wildman–Crippen MR) is 136 cm³/mol. The summed E-state index contributed by atoms with van der Waals surface area (Å²) >= 11 is 0. The number of aromatic nitrogens is 2. The molecule has 0 unspecified atom stereocenters. The lowest BCUT2D eigenvalue weighted by Gasteiger charge is -2.16. The summed E-state index contributed by atoms with van der Waals surface area (Å²) in [4.78, 5) is 14.9. The molecule has 11 heteroatoms. The van der Waals surface area contributed by atoms with Crippen LogP contribution in [0.5, 0.6) is 28.7 Å². The van der Waals surface area contributed by atoms with Gasteiger partial charge in [-0.2, -0.15) is 0 Å². The Morgan fingerprint density at radius 1 is 0.944 bits per heavy atom. The molecule has 0 spiro atoms. The van der Waals surface area contributed by atoms with Crippen LogP contribution in [0.1, 0.15) is 13.3 Å². The number of sulfonamides is 1. The van der Waals surface area contributed by atoms with Crippen LogP contribution in [-0.2, 0) is 17.1 Å². The maximum absolute atomic E-state index is 13.3. The fourth-order valence-corrected chi connectivity index (χ4v) is 4.66. The summed E-state index contributed by atoms with van der Waals surface area (Å²) in [5.41, 5.74) is 0.792. The minimum Gasteiger partial charge on any atom is -0.493 e. The fraction of sp³-hybridized carbons (Fsp3) is 0.240. The number of fused-ring (bicyclic) bond motifs is 1. The number of ether oxygens (including phenoxy) is 4. The van der Waals surface area contributed by atoms with Gasteiger partial charge in [0, 0.05) is 25.2 Å². The number of anilines is 1. The summed E-state index contributed by atoms with van der Waals surface area (Å²) in [6.45, 7) is 2.56. The molecule has 190 valence electrons. The van der Waals surface area contributed by atoms with Crippen LogP contribution in [-0.4, -0.2) is 38.8 Å². The van der Waals surface area contributed by atoms with E-state index in [0.717, 1.165) is 6.42 Å². The Kier molecular flexibility index (Phi) is 7.11. The largest absolute Gasteiger partial charge is 0.493 e. The molecule has 3 aromatic carbocycles. The van der Waals surface area contributed by atoms with Gasteiger partial charge in [0.2, 0.25) is 0 Å². The third-order valence-corrected chi connectivity index (χ3v) is 6.78. The average molecular weight is 514 g/mol. The van der Waals surface area contributed by atoms with Crippen LogP contribution in [0.2, 0.25) is 0 Å². The number of aromatic amines is 1. The van der Waals surface area contributed by atoms with Crippen molar-refractivity contribution in [2.24, 2.45) is 7.05 Å². The van der Waals surface area contributed by atoms with Crippen molar-refractivity contribution >= 4 is 26.7 Å². The molecule has 36 heavy (non-hydrogen) atoms. The highest BCUT2D eigenvalue weighted by molar-refractivity contribution is 7.92. The number of nitrogens with zero attached hydrogens (tertiary/aromatic N) is 1. The minimum atomic E-state index is -4.07. The van der Waals surface area contributed by atoms with E-state index < -0.39 is 10.0 Å². The van der Waals surface area contributed by atoms with Crippen LogP contribution >= 0.6 is 0 Å². The first-order chi connectivity index (χ1) is 17.2. The van der Waals surface area contributed by atoms with Crippen LogP contribution in [0.3, 0.4) is 0 Å². The molecule has 10 nitrogen and oxygen atoms in total. The zero-order valence-electron chi connectivity index (χ0n) is 20.3. The number of aryl methyl sites for hydroxylation is 1. The van der Waals surface area contributed by atoms with Gasteiger partial charge in [0.25, 0.3) is 10.0 Å². The molecule has 0 saturated carbocycles. The number of methoxy groups -OCH3 is 2. The molecular formula is C25H27N3O7S. The summed E-state index contributed by atoms with van der Waals surface area (Å²) < 4.78 is 52.8. The number of hydrogen-bond donors (Lipinski definition) is 2. The molecule has 0 fully saturated rings. The quantitative estimate of drug-likeness (QED) is 0.325. The predicted octanol–water partition coefficient (Wildman–Crippen LogP) is 4.27. The van der Waals surface area contributed by atoms with E-state index >= 15 is 0 Å². The van der Waals surface area contributed by atoms with E-state index in [1.54, 1.807) is 37.4 Å². The molecule has 0 bridgehead atoms. The molecule has 2 N–H and O–H groups in total. The third-order valence-electron chi connectivity index (χ3n) is 5.42.